The third kappa shape index (κ3) is 5.02. The second-order valence-electron chi connectivity index (χ2n) is 6.78. The maximum atomic E-state index is 12.6. The number of anilines is 1. The van der Waals surface area contributed by atoms with E-state index in [0.717, 1.165) is 5.56 Å². The number of H-pyrrole nitrogens is 1. The summed E-state index contributed by atoms with van der Waals surface area (Å²) >= 11 is 0. The lowest BCUT2D eigenvalue weighted by Gasteiger charge is -2.19. The van der Waals surface area contributed by atoms with Gasteiger partial charge in [0.25, 0.3) is 5.91 Å². The number of benzene rings is 2. The van der Waals surface area contributed by atoms with E-state index in [2.05, 4.69) is 25.8 Å². The molecule has 2 aromatic carbocycles. The third-order valence-electron chi connectivity index (χ3n) is 4.72. The number of carbonyl (C=O) groups excluding carboxylic acids is 2. The summed E-state index contributed by atoms with van der Waals surface area (Å²) in [4.78, 5) is 31.2. The molecular weight excluding hydrogens is 380 g/mol. The van der Waals surface area contributed by atoms with Crippen LogP contribution in [0.4, 0.5) is 10.5 Å². The highest BCUT2D eigenvalue weighted by Gasteiger charge is 2.21. The van der Waals surface area contributed by atoms with E-state index in [4.69, 9.17) is 0 Å². The van der Waals surface area contributed by atoms with Crippen LogP contribution in [0.3, 0.4) is 0 Å². The van der Waals surface area contributed by atoms with Crippen LogP contribution in [0.5, 0.6) is 0 Å². The zero-order valence-electron chi connectivity index (χ0n) is 17.3. The summed E-state index contributed by atoms with van der Waals surface area (Å²) in [6, 6.07) is 15.5. The predicted molar refractivity (Wildman–Crippen MR) is 115 cm³/mol. The molecule has 156 valence electrons. The first-order valence-corrected chi connectivity index (χ1v) is 9.92. The largest absolute Gasteiger partial charge is 0.339 e. The van der Waals surface area contributed by atoms with Gasteiger partial charge in [0.1, 0.15) is 11.9 Å². The Balaban J connectivity index is 1.71. The van der Waals surface area contributed by atoms with Crippen LogP contribution in [0.25, 0.3) is 0 Å². The average Bonchev–Trinajstić information content (AvgIpc) is 3.20. The Labute approximate surface area is 175 Å². The van der Waals surface area contributed by atoms with Gasteiger partial charge in [0.05, 0.1) is 0 Å². The van der Waals surface area contributed by atoms with Gasteiger partial charge < -0.3 is 15.5 Å². The molecule has 8 nitrogen and oxygen atoms in total. The number of nitrogens with one attached hydrogen (secondary N) is 3. The van der Waals surface area contributed by atoms with Crippen molar-refractivity contribution in [3.8, 4) is 0 Å². The van der Waals surface area contributed by atoms with Gasteiger partial charge in [0.2, 0.25) is 0 Å². The van der Waals surface area contributed by atoms with Gasteiger partial charge in [-0.2, -0.15) is 5.10 Å². The van der Waals surface area contributed by atoms with Crippen LogP contribution < -0.4 is 10.6 Å². The van der Waals surface area contributed by atoms with Crippen LogP contribution in [0.2, 0.25) is 0 Å². The van der Waals surface area contributed by atoms with Gasteiger partial charge in [-0.05, 0) is 50.6 Å². The number of nitrogens with zero attached hydrogens (tertiary/aromatic N) is 3. The highest BCUT2D eigenvalue weighted by molar-refractivity contribution is 5.95. The van der Waals surface area contributed by atoms with E-state index in [1.54, 1.807) is 36.1 Å². The first-order valence-electron chi connectivity index (χ1n) is 9.92. The summed E-state index contributed by atoms with van der Waals surface area (Å²) in [5.41, 5.74) is 2.04. The van der Waals surface area contributed by atoms with Crippen LogP contribution >= 0.6 is 0 Å². The van der Waals surface area contributed by atoms with Crippen molar-refractivity contribution in [2.24, 2.45) is 0 Å². The van der Waals surface area contributed by atoms with Gasteiger partial charge in [-0.25, -0.2) is 9.78 Å². The summed E-state index contributed by atoms with van der Waals surface area (Å²) in [5.74, 6) is 1.12. The Kier molecular flexibility index (Phi) is 6.79. The molecule has 30 heavy (non-hydrogen) atoms. The molecule has 0 fully saturated rings. The normalized spacial score (nSPS) is 11.6. The van der Waals surface area contributed by atoms with E-state index in [1.807, 2.05) is 44.2 Å². The van der Waals surface area contributed by atoms with Crippen molar-refractivity contribution in [1.82, 2.24) is 25.4 Å². The topological polar surface area (TPSA) is 103 Å². The molecule has 0 aliphatic rings. The number of rotatable bonds is 7. The molecule has 8 heteroatoms. The highest BCUT2D eigenvalue weighted by Crippen LogP contribution is 2.19. The van der Waals surface area contributed by atoms with Crippen molar-refractivity contribution >= 4 is 17.6 Å². The molecule has 0 saturated heterocycles. The van der Waals surface area contributed by atoms with E-state index >= 15 is 0 Å². The van der Waals surface area contributed by atoms with Crippen molar-refractivity contribution in [2.45, 2.75) is 26.8 Å². The number of amides is 3. The van der Waals surface area contributed by atoms with E-state index in [9.17, 15) is 9.59 Å². The third-order valence-corrected chi connectivity index (χ3v) is 4.72. The number of hydrogen-bond acceptors (Lipinski definition) is 4. The Bertz CT molecular complexity index is 980. The lowest BCUT2D eigenvalue weighted by molar-refractivity contribution is 0.0773. The second-order valence-corrected chi connectivity index (χ2v) is 6.78. The van der Waals surface area contributed by atoms with Gasteiger partial charge in [-0.1, -0.05) is 30.3 Å². The molecular formula is C22H26N6O2. The number of aryl methyl sites for hydroxylation is 1. The van der Waals surface area contributed by atoms with E-state index < -0.39 is 12.1 Å². The smallest absolute Gasteiger partial charge is 0.320 e. The average molecular weight is 406 g/mol. The molecule has 0 bridgehead atoms. The minimum Gasteiger partial charge on any atom is -0.339 e. The first kappa shape index (κ1) is 21.0. The highest BCUT2D eigenvalue weighted by atomic mass is 16.2. The van der Waals surface area contributed by atoms with Crippen molar-refractivity contribution in [2.75, 3.05) is 18.4 Å². The van der Waals surface area contributed by atoms with Gasteiger partial charge in [0.15, 0.2) is 5.82 Å². The molecule has 0 aliphatic heterocycles. The molecule has 3 amide bonds. The lowest BCUT2D eigenvalue weighted by Crippen LogP contribution is -2.34. The first-order chi connectivity index (χ1) is 14.5. The van der Waals surface area contributed by atoms with Gasteiger partial charge in [-0.3, -0.25) is 9.89 Å². The number of hydrogen-bond donors (Lipinski definition) is 3. The second kappa shape index (κ2) is 9.69. The summed E-state index contributed by atoms with van der Waals surface area (Å²) in [7, 11) is 0. The molecule has 1 heterocycles. The molecule has 3 N–H and O–H groups in total. The Hall–Kier alpha value is -3.68. The fraction of sp³-hybridized carbons (Fsp3) is 0.273. The SMILES string of the molecule is CCN(CC)C(=O)c1ccc(NC(=O)NC(c2ccccc2)c2n[nH]c(C)n2)cc1. The van der Waals surface area contributed by atoms with E-state index in [0.29, 0.717) is 36.0 Å². The Morgan fingerprint density at radius 3 is 2.27 bits per heavy atom. The van der Waals surface area contributed by atoms with Gasteiger partial charge >= 0.3 is 6.03 Å². The van der Waals surface area contributed by atoms with Crippen molar-refractivity contribution in [3.05, 3.63) is 77.4 Å². The quantitative estimate of drug-likeness (QED) is 0.559. The summed E-state index contributed by atoms with van der Waals surface area (Å²) < 4.78 is 0. The minimum absolute atomic E-state index is 0.0277. The predicted octanol–water partition coefficient (Wildman–Crippen LogP) is 3.51. The number of carbonyl (C=O) groups is 2. The molecule has 1 unspecified atom stereocenters. The van der Waals surface area contributed by atoms with Gasteiger partial charge in [-0.15, -0.1) is 0 Å². The molecule has 0 spiro atoms. The van der Waals surface area contributed by atoms with Crippen LogP contribution in [0, 0.1) is 6.92 Å². The fourth-order valence-corrected chi connectivity index (χ4v) is 3.12. The molecule has 0 radical (unpaired) electrons. The molecule has 3 aromatic rings. The summed E-state index contributed by atoms with van der Waals surface area (Å²) in [5, 5.41) is 12.7. The van der Waals surface area contributed by atoms with Crippen molar-refractivity contribution in [1.29, 1.82) is 0 Å². The Morgan fingerprint density at radius 2 is 1.70 bits per heavy atom. The molecule has 3 rings (SSSR count). The molecule has 0 saturated carbocycles. The Morgan fingerprint density at radius 1 is 1.03 bits per heavy atom. The fourth-order valence-electron chi connectivity index (χ4n) is 3.12. The van der Waals surface area contributed by atoms with E-state index in [-0.39, 0.29) is 5.91 Å². The summed E-state index contributed by atoms with van der Waals surface area (Å²) in [6.45, 7) is 7.00. The van der Waals surface area contributed by atoms with Crippen LogP contribution in [0.15, 0.2) is 54.6 Å². The summed E-state index contributed by atoms with van der Waals surface area (Å²) in [6.07, 6.45) is 0. The minimum atomic E-state index is -0.500. The number of aromatic nitrogens is 3. The van der Waals surface area contributed by atoms with Crippen LogP contribution in [-0.4, -0.2) is 45.1 Å². The number of urea groups is 1. The molecule has 1 atom stereocenters. The van der Waals surface area contributed by atoms with Crippen molar-refractivity contribution in [3.63, 3.8) is 0 Å². The van der Waals surface area contributed by atoms with Crippen molar-refractivity contribution < 1.29 is 9.59 Å². The van der Waals surface area contributed by atoms with Gasteiger partial charge in [0, 0.05) is 24.3 Å². The van der Waals surface area contributed by atoms with Crippen LogP contribution in [-0.2, 0) is 0 Å². The monoisotopic (exact) mass is 406 g/mol. The zero-order chi connectivity index (χ0) is 21.5. The number of aromatic amines is 1. The molecule has 0 aliphatic carbocycles. The van der Waals surface area contributed by atoms with E-state index in [1.165, 1.54) is 0 Å². The maximum absolute atomic E-state index is 12.6. The maximum Gasteiger partial charge on any atom is 0.320 e. The standard InChI is InChI=1S/C22H26N6O2/c1-4-28(5-2)21(29)17-11-13-18(14-12-17)24-22(30)25-19(16-9-7-6-8-10-16)20-23-15(3)26-27-20/h6-14,19H,4-5H2,1-3H3,(H,23,26,27)(H2,24,25,30). The zero-order valence-corrected chi connectivity index (χ0v) is 17.3. The molecule has 1 aromatic heterocycles. The van der Waals surface area contributed by atoms with Crippen LogP contribution in [0.1, 0.15) is 47.5 Å². The lowest BCUT2D eigenvalue weighted by atomic mass is 10.1.